The topological polar surface area (TPSA) is 0 Å². The summed E-state index contributed by atoms with van der Waals surface area (Å²) in [7, 11) is 0. The van der Waals surface area contributed by atoms with Gasteiger partial charge in [0, 0.05) is 5.88 Å². The molecule has 1 rings (SSSR count). The summed E-state index contributed by atoms with van der Waals surface area (Å²) in [4.78, 5) is 0. The molecule has 0 aliphatic heterocycles. The smallest absolute Gasteiger partial charge is 0.0280 e. The summed E-state index contributed by atoms with van der Waals surface area (Å²) in [6.45, 7) is 9.47. The van der Waals surface area contributed by atoms with Gasteiger partial charge in [-0.15, -0.1) is 11.6 Å². The second-order valence-electron chi connectivity index (χ2n) is 7.58. The van der Waals surface area contributed by atoms with Gasteiger partial charge in [0.15, 0.2) is 0 Å². The summed E-state index contributed by atoms with van der Waals surface area (Å²) >= 11 is 6.31. The molecule has 0 aromatic carbocycles. The SMILES string of the molecule is CCCCCCC1(CCl)CCC(C(C)(C)C)CC1. The number of rotatable bonds is 6. The molecule has 1 heteroatoms. The maximum Gasteiger partial charge on any atom is 0.0280 e. The van der Waals surface area contributed by atoms with Crippen LogP contribution in [0.15, 0.2) is 0 Å². The number of halogens is 1. The maximum absolute atomic E-state index is 6.31. The fourth-order valence-electron chi connectivity index (χ4n) is 3.47. The van der Waals surface area contributed by atoms with Crippen LogP contribution in [0.1, 0.15) is 85.5 Å². The zero-order valence-electron chi connectivity index (χ0n) is 13.0. The van der Waals surface area contributed by atoms with Crippen molar-refractivity contribution in [1.29, 1.82) is 0 Å². The molecule has 108 valence electrons. The molecule has 0 saturated heterocycles. The van der Waals surface area contributed by atoms with Crippen LogP contribution in [0.2, 0.25) is 0 Å². The van der Waals surface area contributed by atoms with E-state index in [9.17, 15) is 0 Å². The zero-order valence-corrected chi connectivity index (χ0v) is 13.8. The molecule has 0 nitrogen and oxygen atoms in total. The highest BCUT2D eigenvalue weighted by Crippen LogP contribution is 2.48. The Morgan fingerprint density at radius 2 is 1.67 bits per heavy atom. The van der Waals surface area contributed by atoms with Crippen LogP contribution in [0.4, 0.5) is 0 Å². The van der Waals surface area contributed by atoms with Gasteiger partial charge in [0.2, 0.25) is 0 Å². The predicted octanol–water partition coefficient (Wildman–Crippen LogP) is 6.42. The minimum Gasteiger partial charge on any atom is -0.126 e. The maximum atomic E-state index is 6.31. The van der Waals surface area contributed by atoms with Crippen molar-refractivity contribution in [2.75, 3.05) is 5.88 Å². The molecule has 1 aliphatic carbocycles. The van der Waals surface area contributed by atoms with E-state index in [-0.39, 0.29) is 0 Å². The average Bonchev–Trinajstić information content (AvgIpc) is 2.34. The summed E-state index contributed by atoms with van der Waals surface area (Å²) in [5, 5.41) is 0. The average molecular weight is 273 g/mol. The van der Waals surface area contributed by atoms with Crippen LogP contribution < -0.4 is 0 Å². The standard InChI is InChI=1S/C17H33Cl/c1-5-6-7-8-11-17(14-18)12-9-15(10-13-17)16(2,3)4/h15H,5-14H2,1-4H3. The lowest BCUT2D eigenvalue weighted by molar-refractivity contribution is 0.0937. The molecule has 0 bridgehead atoms. The minimum atomic E-state index is 0.483. The van der Waals surface area contributed by atoms with Crippen LogP contribution in [0.25, 0.3) is 0 Å². The highest BCUT2D eigenvalue weighted by molar-refractivity contribution is 6.18. The third-order valence-electron chi connectivity index (χ3n) is 5.12. The van der Waals surface area contributed by atoms with Gasteiger partial charge < -0.3 is 0 Å². The molecule has 0 amide bonds. The van der Waals surface area contributed by atoms with Gasteiger partial charge in [-0.1, -0.05) is 53.4 Å². The molecule has 0 N–H and O–H groups in total. The van der Waals surface area contributed by atoms with E-state index in [1.165, 1.54) is 57.8 Å². The third-order valence-corrected chi connectivity index (χ3v) is 5.68. The van der Waals surface area contributed by atoms with E-state index in [2.05, 4.69) is 27.7 Å². The second kappa shape index (κ2) is 7.17. The Bertz CT molecular complexity index is 218. The highest BCUT2D eigenvalue weighted by Gasteiger charge is 2.37. The van der Waals surface area contributed by atoms with Gasteiger partial charge in [0.05, 0.1) is 0 Å². The fraction of sp³-hybridized carbons (Fsp3) is 1.00. The van der Waals surface area contributed by atoms with E-state index in [1.54, 1.807) is 0 Å². The molecule has 0 aromatic rings. The lowest BCUT2D eigenvalue weighted by atomic mass is 9.63. The van der Waals surface area contributed by atoms with Crippen LogP contribution in [0.3, 0.4) is 0 Å². The van der Waals surface area contributed by atoms with Crippen LogP contribution >= 0.6 is 11.6 Å². The second-order valence-corrected chi connectivity index (χ2v) is 7.85. The van der Waals surface area contributed by atoms with Gasteiger partial charge in [0.25, 0.3) is 0 Å². The first-order valence-electron chi connectivity index (χ1n) is 7.99. The first kappa shape index (κ1) is 16.3. The van der Waals surface area contributed by atoms with Crippen molar-refractivity contribution in [2.45, 2.75) is 85.5 Å². The first-order chi connectivity index (χ1) is 8.43. The van der Waals surface area contributed by atoms with Gasteiger partial charge in [-0.05, 0) is 48.9 Å². The fourth-order valence-corrected chi connectivity index (χ4v) is 3.87. The van der Waals surface area contributed by atoms with Crippen molar-refractivity contribution in [3.63, 3.8) is 0 Å². The van der Waals surface area contributed by atoms with Gasteiger partial charge in [-0.2, -0.15) is 0 Å². The molecule has 0 aromatic heterocycles. The summed E-state index contributed by atoms with van der Waals surface area (Å²) in [6.07, 6.45) is 12.4. The van der Waals surface area contributed by atoms with Crippen LogP contribution in [-0.2, 0) is 0 Å². The van der Waals surface area contributed by atoms with E-state index in [0.29, 0.717) is 10.8 Å². The summed E-state index contributed by atoms with van der Waals surface area (Å²) in [5.41, 5.74) is 0.970. The zero-order chi connectivity index (χ0) is 13.6. The number of alkyl halides is 1. The van der Waals surface area contributed by atoms with Crippen molar-refractivity contribution in [1.82, 2.24) is 0 Å². The van der Waals surface area contributed by atoms with E-state index in [0.717, 1.165) is 11.8 Å². The van der Waals surface area contributed by atoms with Gasteiger partial charge in [-0.25, -0.2) is 0 Å². The molecule has 0 unspecified atom stereocenters. The summed E-state index contributed by atoms with van der Waals surface area (Å²) in [6, 6.07) is 0. The largest absolute Gasteiger partial charge is 0.126 e. The molecule has 1 saturated carbocycles. The predicted molar refractivity (Wildman–Crippen MR) is 83.3 cm³/mol. The minimum absolute atomic E-state index is 0.483. The Labute approximate surface area is 120 Å². The Hall–Kier alpha value is 0.290. The first-order valence-corrected chi connectivity index (χ1v) is 8.53. The van der Waals surface area contributed by atoms with E-state index >= 15 is 0 Å². The van der Waals surface area contributed by atoms with E-state index < -0.39 is 0 Å². The lowest BCUT2D eigenvalue weighted by Gasteiger charge is -2.43. The van der Waals surface area contributed by atoms with Crippen molar-refractivity contribution in [3.05, 3.63) is 0 Å². The molecular formula is C17H33Cl. The van der Waals surface area contributed by atoms with Crippen molar-refractivity contribution >= 4 is 11.6 Å². The van der Waals surface area contributed by atoms with E-state index in [4.69, 9.17) is 11.6 Å². The molecule has 1 fully saturated rings. The highest BCUT2D eigenvalue weighted by atomic mass is 35.5. The third kappa shape index (κ3) is 4.76. The molecule has 0 heterocycles. The van der Waals surface area contributed by atoms with Gasteiger partial charge in [-0.3, -0.25) is 0 Å². The number of hydrogen-bond acceptors (Lipinski definition) is 0. The molecule has 18 heavy (non-hydrogen) atoms. The Morgan fingerprint density at radius 1 is 1.06 bits per heavy atom. The van der Waals surface area contributed by atoms with Crippen molar-refractivity contribution in [3.8, 4) is 0 Å². The van der Waals surface area contributed by atoms with Gasteiger partial charge in [0.1, 0.15) is 0 Å². The Balaban J connectivity index is 2.40. The number of hydrogen-bond donors (Lipinski definition) is 0. The molecule has 1 aliphatic rings. The lowest BCUT2D eigenvalue weighted by Crippen LogP contribution is -2.33. The molecule has 0 atom stereocenters. The van der Waals surface area contributed by atoms with Crippen LogP contribution in [0.5, 0.6) is 0 Å². The Kier molecular flexibility index (Phi) is 6.51. The van der Waals surface area contributed by atoms with Gasteiger partial charge >= 0.3 is 0 Å². The van der Waals surface area contributed by atoms with Crippen LogP contribution in [0, 0.1) is 16.7 Å². The molecular weight excluding hydrogens is 240 g/mol. The quantitative estimate of drug-likeness (QED) is 0.387. The van der Waals surface area contributed by atoms with Crippen molar-refractivity contribution in [2.24, 2.45) is 16.7 Å². The summed E-state index contributed by atoms with van der Waals surface area (Å²) in [5.74, 6) is 1.79. The normalized spacial score (nSPS) is 29.5. The van der Waals surface area contributed by atoms with E-state index in [1.807, 2.05) is 0 Å². The Morgan fingerprint density at radius 3 is 2.11 bits per heavy atom. The summed E-state index contributed by atoms with van der Waals surface area (Å²) < 4.78 is 0. The molecule has 0 radical (unpaired) electrons. The molecule has 0 spiro atoms. The number of unbranched alkanes of at least 4 members (excludes halogenated alkanes) is 3. The van der Waals surface area contributed by atoms with Crippen LogP contribution in [-0.4, -0.2) is 5.88 Å². The van der Waals surface area contributed by atoms with Crippen molar-refractivity contribution < 1.29 is 0 Å². The monoisotopic (exact) mass is 272 g/mol.